The summed E-state index contributed by atoms with van der Waals surface area (Å²) in [5, 5.41) is 9.94. The highest BCUT2D eigenvalue weighted by atomic mass is 15.0. The average Bonchev–Trinajstić information content (AvgIpc) is 4.09. The second-order valence-corrected chi connectivity index (χ2v) is 16.9. The molecule has 0 spiro atoms. The lowest BCUT2D eigenvalue weighted by atomic mass is 10.0. The highest BCUT2D eigenvalue weighted by Gasteiger charge is 2.25. The Kier molecular flexibility index (Phi) is 7.36. The van der Waals surface area contributed by atoms with Gasteiger partial charge in [-0.25, -0.2) is 0 Å². The van der Waals surface area contributed by atoms with Crippen LogP contribution in [0.1, 0.15) is 0 Å². The van der Waals surface area contributed by atoms with Crippen molar-refractivity contribution in [1.82, 2.24) is 18.3 Å². The van der Waals surface area contributed by atoms with Gasteiger partial charge in [0.1, 0.15) is 0 Å². The Labute approximate surface area is 368 Å². The molecule has 10 aromatic carbocycles. The zero-order chi connectivity index (χ0) is 41.9. The molecule has 0 amide bonds. The number of benzene rings is 10. The maximum Gasteiger partial charge on any atom is 0.0642 e. The Morgan fingerprint density at radius 2 is 0.547 bits per heavy atom. The first-order valence-corrected chi connectivity index (χ1v) is 22.0. The molecule has 4 heteroatoms. The van der Waals surface area contributed by atoms with E-state index < -0.39 is 0 Å². The predicted octanol–water partition coefficient (Wildman–Crippen LogP) is 15.7. The van der Waals surface area contributed by atoms with E-state index in [0.29, 0.717) is 0 Å². The summed E-state index contributed by atoms with van der Waals surface area (Å²) in [7, 11) is 0. The van der Waals surface area contributed by atoms with Gasteiger partial charge in [-0.15, -0.1) is 0 Å². The van der Waals surface area contributed by atoms with Crippen LogP contribution >= 0.6 is 0 Å². The number of para-hydroxylation sites is 6. The Bertz CT molecular complexity index is 4090. The Hall–Kier alpha value is -8.60. The highest BCUT2D eigenvalue weighted by Crippen LogP contribution is 2.47. The first-order chi connectivity index (χ1) is 31.8. The molecule has 14 rings (SSSR count). The quantitative estimate of drug-likeness (QED) is 0.165. The standard InChI is InChI=1S/C60H38N4/c1-4-16-41(17-5-1)62-55-36-33-48-47-24-12-15-27-53(47)63(42-18-6-2-7-19-42)59(48)57(55)58-56(62)37-34-49-50-38-40(30-35-54(50)64(60(49)58)43-20-8-3-9-21-43)39-28-31-44(32-29-39)61-51-25-13-10-22-45(51)46-23-11-14-26-52(46)61/h1-38H. The van der Waals surface area contributed by atoms with Crippen LogP contribution < -0.4 is 0 Å². The molecule has 4 aromatic heterocycles. The molecular weight excluding hydrogens is 777 g/mol. The molecule has 0 N–H and O–H groups in total. The molecule has 0 aliphatic heterocycles. The van der Waals surface area contributed by atoms with Crippen LogP contribution in [0.2, 0.25) is 0 Å². The van der Waals surface area contributed by atoms with Crippen LogP contribution in [0.5, 0.6) is 0 Å². The van der Waals surface area contributed by atoms with E-state index in [1.54, 1.807) is 0 Å². The average molecular weight is 815 g/mol. The van der Waals surface area contributed by atoms with E-state index in [1.165, 1.54) is 98.4 Å². The summed E-state index contributed by atoms with van der Waals surface area (Å²) in [6, 6.07) is 84.4. The van der Waals surface area contributed by atoms with Gasteiger partial charge in [0.05, 0.1) is 44.1 Å². The van der Waals surface area contributed by atoms with Crippen molar-refractivity contribution in [2.24, 2.45) is 0 Å². The van der Waals surface area contributed by atoms with Gasteiger partial charge >= 0.3 is 0 Å². The number of aromatic nitrogens is 4. The second kappa shape index (κ2) is 13.4. The third-order valence-corrected chi connectivity index (χ3v) is 13.5. The fourth-order valence-corrected chi connectivity index (χ4v) is 10.9. The van der Waals surface area contributed by atoms with Crippen molar-refractivity contribution >= 4 is 87.2 Å². The van der Waals surface area contributed by atoms with Crippen LogP contribution in [0, 0.1) is 0 Å². The molecule has 0 aliphatic rings. The van der Waals surface area contributed by atoms with Crippen molar-refractivity contribution in [3.63, 3.8) is 0 Å². The summed E-state index contributed by atoms with van der Waals surface area (Å²) in [5.74, 6) is 0. The van der Waals surface area contributed by atoms with Crippen LogP contribution in [-0.2, 0) is 0 Å². The van der Waals surface area contributed by atoms with Gasteiger partial charge in [0.25, 0.3) is 0 Å². The smallest absolute Gasteiger partial charge is 0.0642 e. The molecule has 298 valence electrons. The maximum atomic E-state index is 2.51. The number of rotatable bonds is 5. The van der Waals surface area contributed by atoms with Gasteiger partial charge in [0.2, 0.25) is 0 Å². The van der Waals surface area contributed by atoms with Gasteiger partial charge in [-0.3, -0.25) is 0 Å². The minimum atomic E-state index is 1.13. The fourth-order valence-electron chi connectivity index (χ4n) is 10.9. The van der Waals surface area contributed by atoms with Crippen molar-refractivity contribution in [3.05, 3.63) is 231 Å². The fraction of sp³-hybridized carbons (Fsp3) is 0. The van der Waals surface area contributed by atoms with Crippen LogP contribution in [0.4, 0.5) is 0 Å². The number of hydrogen-bond acceptors (Lipinski definition) is 0. The van der Waals surface area contributed by atoms with E-state index in [1.807, 2.05) is 0 Å². The molecule has 0 saturated heterocycles. The molecule has 0 aliphatic carbocycles. The number of nitrogens with zero attached hydrogens (tertiary/aromatic N) is 4. The molecule has 14 aromatic rings. The van der Waals surface area contributed by atoms with Gasteiger partial charge in [-0.1, -0.05) is 140 Å². The summed E-state index contributed by atoms with van der Waals surface area (Å²) < 4.78 is 9.84. The molecular formula is C60H38N4. The number of fused-ring (bicyclic) bond motifs is 14. The molecule has 4 nitrogen and oxygen atoms in total. The zero-order valence-corrected chi connectivity index (χ0v) is 34.7. The molecule has 0 saturated carbocycles. The summed E-state index contributed by atoms with van der Waals surface area (Å²) in [6.07, 6.45) is 0. The summed E-state index contributed by atoms with van der Waals surface area (Å²) >= 11 is 0. The van der Waals surface area contributed by atoms with Crippen molar-refractivity contribution in [2.75, 3.05) is 0 Å². The van der Waals surface area contributed by atoms with Crippen LogP contribution in [0.25, 0.3) is 121 Å². The molecule has 4 heterocycles. The normalized spacial score (nSPS) is 12.1. The van der Waals surface area contributed by atoms with E-state index in [4.69, 9.17) is 0 Å². The third-order valence-electron chi connectivity index (χ3n) is 13.5. The molecule has 0 fully saturated rings. The lowest BCUT2D eigenvalue weighted by Gasteiger charge is -2.11. The number of hydrogen-bond donors (Lipinski definition) is 0. The first kappa shape index (κ1) is 35.0. The zero-order valence-electron chi connectivity index (χ0n) is 34.7. The topological polar surface area (TPSA) is 19.7 Å². The van der Waals surface area contributed by atoms with Gasteiger partial charge in [0, 0.05) is 65.8 Å². The SMILES string of the molecule is c1ccc(-n2c3ccc4c5ccccc5n(-c5ccccc5)c4c3c3c2ccc2c4cc(-c5ccc(-n6c7ccccc7c7ccccc76)cc5)ccc4n(-c4ccccc4)c23)cc1. The van der Waals surface area contributed by atoms with Gasteiger partial charge in [0.15, 0.2) is 0 Å². The molecule has 0 bridgehead atoms. The third kappa shape index (κ3) is 4.88. The maximum absolute atomic E-state index is 2.51. The largest absolute Gasteiger partial charge is 0.309 e. The lowest BCUT2D eigenvalue weighted by Crippen LogP contribution is -1.95. The van der Waals surface area contributed by atoms with Gasteiger partial charge in [-0.05, 0) is 102 Å². The molecule has 0 radical (unpaired) electrons. The minimum Gasteiger partial charge on any atom is -0.309 e. The van der Waals surface area contributed by atoms with Crippen molar-refractivity contribution in [1.29, 1.82) is 0 Å². The van der Waals surface area contributed by atoms with Crippen LogP contribution in [0.15, 0.2) is 231 Å². The highest BCUT2D eigenvalue weighted by molar-refractivity contribution is 6.33. The predicted molar refractivity (Wildman–Crippen MR) is 269 cm³/mol. The van der Waals surface area contributed by atoms with Gasteiger partial charge in [-0.2, -0.15) is 0 Å². The lowest BCUT2D eigenvalue weighted by molar-refractivity contribution is 1.17. The van der Waals surface area contributed by atoms with E-state index in [0.717, 1.165) is 22.7 Å². The first-order valence-electron chi connectivity index (χ1n) is 22.0. The van der Waals surface area contributed by atoms with Crippen molar-refractivity contribution in [2.45, 2.75) is 0 Å². The summed E-state index contributed by atoms with van der Waals surface area (Å²) in [4.78, 5) is 0. The summed E-state index contributed by atoms with van der Waals surface area (Å²) in [6.45, 7) is 0. The van der Waals surface area contributed by atoms with E-state index in [2.05, 4.69) is 249 Å². The van der Waals surface area contributed by atoms with E-state index in [9.17, 15) is 0 Å². The molecule has 0 atom stereocenters. The molecule has 0 unspecified atom stereocenters. The minimum absolute atomic E-state index is 1.13. The summed E-state index contributed by atoms with van der Waals surface area (Å²) in [5.41, 5.74) is 16.5. The van der Waals surface area contributed by atoms with Crippen LogP contribution in [0.3, 0.4) is 0 Å². The monoisotopic (exact) mass is 814 g/mol. The van der Waals surface area contributed by atoms with Crippen LogP contribution in [-0.4, -0.2) is 18.3 Å². The second-order valence-electron chi connectivity index (χ2n) is 16.9. The van der Waals surface area contributed by atoms with E-state index >= 15 is 0 Å². The van der Waals surface area contributed by atoms with Gasteiger partial charge < -0.3 is 18.3 Å². The van der Waals surface area contributed by atoms with E-state index in [-0.39, 0.29) is 0 Å². The Morgan fingerprint density at radius 3 is 1.06 bits per heavy atom. The van der Waals surface area contributed by atoms with Crippen molar-refractivity contribution < 1.29 is 0 Å². The van der Waals surface area contributed by atoms with Crippen molar-refractivity contribution in [3.8, 4) is 33.9 Å². The Morgan fingerprint density at radius 1 is 0.203 bits per heavy atom. The molecule has 64 heavy (non-hydrogen) atoms. The Balaban J connectivity index is 1.08.